The Hall–Kier alpha value is -1.13. The van der Waals surface area contributed by atoms with Crippen LogP contribution in [0.1, 0.15) is 5.56 Å². The maximum Gasteiger partial charge on any atom is 0.417 e. The van der Waals surface area contributed by atoms with Crippen molar-refractivity contribution in [1.82, 2.24) is 19.0 Å². The third kappa shape index (κ3) is 2.74. The van der Waals surface area contributed by atoms with Gasteiger partial charge in [0.25, 0.3) is 11.8 Å². The first-order valence-corrected chi connectivity index (χ1v) is 7.54. The second kappa shape index (κ2) is 5.50. The highest BCUT2D eigenvalue weighted by Gasteiger charge is 2.32. The van der Waals surface area contributed by atoms with Crippen molar-refractivity contribution in [3.8, 4) is 11.5 Å². The summed E-state index contributed by atoms with van der Waals surface area (Å²) in [6.45, 7) is 0. The molecule has 0 N–H and O–H groups in total. The van der Waals surface area contributed by atoms with Crippen LogP contribution >= 0.6 is 34.2 Å². The van der Waals surface area contributed by atoms with Gasteiger partial charge in [-0.25, -0.2) is 9.97 Å². The highest BCUT2D eigenvalue weighted by atomic mass is 127. The van der Waals surface area contributed by atoms with Crippen LogP contribution in [0.25, 0.3) is 22.7 Å². The van der Waals surface area contributed by atoms with Crippen LogP contribution in [0.5, 0.6) is 0 Å². The lowest BCUT2D eigenvalue weighted by atomic mass is 10.2. The first-order valence-electron chi connectivity index (χ1n) is 5.72. The molecule has 0 radical (unpaired) electrons. The van der Waals surface area contributed by atoms with E-state index >= 15 is 0 Å². The van der Waals surface area contributed by atoms with Crippen LogP contribution in [0.3, 0.4) is 0 Å². The number of hydrogen-bond donors (Lipinski definition) is 0. The van der Waals surface area contributed by atoms with Crippen molar-refractivity contribution in [2.24, 2.45) is 0 Å². The van der Waals surface area contributed by atoms with E-state index in [-0.39, 0.29) is 16.5 Å². The van der Waals surface area contributed by atoms with Gasteiger partial charge in [-0.05, 0) is 34.7 Å². The first-order chi connectivity index (χ1) is 10.3. The molecule has 10 heteroatoms. The Kier molecular flexibility index (Phi) is 3.94. The quantitative estimate of drug-likeness (QED) is 0.520. The summed E-state index contributed by atoms with van der Waals surface area (Å²) in [4.78, 5) is 12.2. The van der Waals surface area contributed by atoms with Crippen LogP contribution in [0.4, 0.5) is 13.2 Å². The molecule has 0 amide bonds. The second-order valence-electron chi connectivity index (χ2n) is 4.28. The number of fused-ring (bicyclic) bond motifs is 1. The van der Waals surface area contributed by atoms with Gasteiger partial charge in [0.1, 0.15) is 11.2 Å². The molecule has 0 aromatic carbocycles. The number of rotatable bonds is 1. The van der Waals surface area contributed by atoms with Crippen molar-refractivity contribution in [3.63, 3.8) is 0 Å². The number of imidazole rings is 1. The summed E-state index contributed by atoms with van der Waals surface area (Å²) in [6.07, 6.45) is -2.20. The molecule has 0 bridgehead atoms. The zero-order chi connectivity index (χ0) is 16.1. The van der Waals surface area contributed by atoms with E-state index < -0.39 is 11.7 Å². The predicted octanol–water partition coefficient (Wildman–Crippen LogP) is 3.81. The van der Waals surface area contributed by atoms with Crippen LogP contribution in [0.15, 0.2) is 24.5 Å². The van der Waals surface area contributed by atoms with Crippen LogP contribution in [-0.4, -0.2) is 19.0 Å². The highest BCUT2D eigenvalue weighted by molar-refractivity contribution is 14.1. The Morgan fingerprint density at radius 2 is 1.91 bits per heavy atom. The molecule has 0 spiro atoms. The van der Waals surface area contributed by atoms with Gasteiger partial charge in [-0.2, -0.15) is 13.2 Å². The largest absolute Gasteiger partial charge is 0.417 e. The van der Waals surface area contributed by atoms with Gasteiger partial charge in [-0.3, -0.25) is 4.98 Å². The Morgan fingerprint density at radius 1 is 1.18 bits per heavy atom. The number of pyridine rings is 2. The maximum absolute atomic E-state index is 12.6. The highest BCUT2D eigenvalue weighted by Crippen LogP contribution is 2.34. The fourth-order valence-corrected chi connectivity index (χ4v) is 2.78. The van der Waals surface area contributed by atoms with Gasteiger partial charge >= 0.3 is 6.18 Å². The Balaban J connectivity index is 2.17. The molecule has 22 heavy (non-hydrogen) atoms. The Morgan fingerprint density at radius 3 is 2.55 bits per heavy atom. The molecule has 0 unspecified atom stereocenters. The summed E-state index contributed by atoms with van der Waals surface area (Å²) in [7, 11) is 0. The lowest BCUT2D eigenvalue weighted by Gasteiger charge is -2.07. The van der Waals surface area contributed by atoms with Crippen LogP contribution in [0, 0.1) is 15.3 Å². The molecule has 3 aromatic heterocycles. The molecule has 114 valence electrons. The van der Waals surface area contributed by atoms with E-state index in [9.17, 15) is 13.2 Å². The van der Waals surface area contributed by atoms with Gasteiger partial charge in [-0.15, -0.1) is 0 Å². The van der Waals surface area contributed by atoms with Crippen LogP contribution < -0.4 is 0 Å². The van der Waals surface area contributed by atoms with Gasteiger partial charge in [0.05, 0.1) is 10.6 Å². The van der Waals surface area contributed by atoms with E-state index in [4.69, 9.17) is 23.4 Å². The molecule has 0 aliphatic heterocycles. The molecule has 0 saturated carbocycles. The summed E-state index contributed by atoms with van der Waals surface area (Å²) in [5, 5.41) is -0.175. The molecule has 3 aromatic rings. The van der Waals surface area contributed by atoms with E-state index in [1.54, 1.807) is 12.3 Å². The van der Waals surface area contributed by atoms with Crippen molar-refractivity contribution >= 4 is 45.4 Å². The monoisotopic (exact) mass is 459 g/mol. The van der Waals surface area contributed by atoms with E-state index in [2.05, 4.69) is 37.5 Å². The zero-order valence-corrected chi connectivity index (χ0v) is 14.1. The topological polar surface area (TPSA) is 43.6 Å². The summed E-state index contributed by atoms with van der Waals surface area (Å²) in [6, 6.07) is 2.56. The number of aromatic nitrogens is 4. The second-order valence-corrected chi connectivity index (χ2v) is 6.30. The SMILES string of the molecule is FC(F)(F)c1cnc(-c2nc3cc(I)cnc3n2[ClH+])c(Cl)c1. The number of alkyl halides is 3. The van der Waals surface area contributed by atoms with Crippen molar-refractivity contribution in [2.75, 3.05) is 0 Å². The fourth-order valence-electron chi connectivity index (χ4n) is 1.83. The number of nitrogens with zero attached hydrogens (tertiary/aromatic N) is 4. The lowest BCUT2D eigenvalue weighted by Crippen LogP contribution is -2.06. The normalized spacial score (nSPS) is 12.1. The van der Waals surface area contributed by atoms with Crippen LogP contribution in [0.2, 0.25) is 5.02 Å². The van der Waals surface area contributed by atoms with Crippen molar-refractivity contribution in [3.05, 3.63) is 38.7 Å². The van der Waals surface area contributed by atoms with Gasteiger partial charge in [0.15, 0.2) is 0 Å². The summed E-state index contributed by atoms with van der Waals surface area (Å²) in [5.74, 6) is 0.179. The van der Waals surface area contributed by atoms with Gasteiger partial charge in [0.2, 0.25) is 11.5 Å². The van der Waals surface area contributed by atoms with E-state index in [0.717, 1.165) is 9.64 Å². The van der Waals surface area contributed by atoms with Gasteiger partial charge in [-0.1, -0.05) is 15.7 Å². The molecule has 4 nitrogen and oxygen atoms in total. The van der Waals surface area contributed by atoms with E-state index in [1.807, 2.05) is 0 Å². The summed E-state index contributed by atoms with van der Waals surface area (Å²) < 4.78 is 40.0. The van der Waals surface area contributed by atoms with Crippen molar-refractivity contribution in [1.29, 1.82) is 0 Å². The molecule has 0 aliphatic rings. The average Bonchev–Trinajstić information content (AvgIpc) is 2.74. The van der Waals surface area contributed by atoms with Crippen molar-refractivity contribution < 1.29 is 24.9 Å². The summed E-state index contributed by atoms with van der Waals surface area (Å²) in [5.41, 5.74) is 0.0940. The zero-order valence-electron chi connectivity index (χ0n) is 10.4. The Labute approximate surface area is 145 Å². The minimum Gasteiger partial charge on any atom is -0.251 e. The fraction of sp³-hybridized carbons (Fsp3) is 0.0833. The number of hydrogen-bond acceptors (Lipinski definition) is 3. The molecular weight excluding hydrogens is 455 g/mol. The predicted molar refractivity (Wildman–Crippen MR) is 80.3 cm³/mol. The molecule has 3 rings (SSSR count). The molecule has 3 heterocycles. The van der Waals surface area contributed by atoms with Gasteiger partial charge in [0, 0.05) is 16.0 Å². The van der Waals surface area contributed by atoms with E-state index in [1.165, 1.54) is 4.09 Å². The average molecular weight is 460 g/mol. The Bertz CT molecular complexity index is 879. The smallest absolute Gasteiger partial charge is 0.251 e. The third-order valence-electron chi connectivity index (χ3n) is 2.81. The van der Waals surface area contributed by atoms with Crippen molar-refractivity contribution in [2.45, 2.75) is 6.18 Å². The molecule has 0 fully saturated rings. The molecular formula is C12H5Cl2F3IN4+. The first kappa shape index (κ1) is 15.8. The standard InChI is InChI=1S/C12H5Cl2F3IN4/c13-7-1-5(12(15,16)17)3-19-9(7)11-21-8-2-6(18)4-20-10(8)22(11)14/h1-4,14H/q+1. The molecule has 0 atom stereocenters. The third-order valence-corrected chi connectivity index (χ3v) is 4.03. The molecule has 0 aliphatic carbocycles. The van der Waals surface area contributed by atoms with Crippen LogP contribution in [-0.2, 0) is 6.18 Å². The minimum atomic E-state index is -4.51. The molecule has 0 saturated heterocycles. The lowest BCUT2D eigenvalue weighted by molar-refractivity contribution is -0.433. The maximum atomic E-state index is 12.6. The number of halogens is 6. The summed E-state index contributed by atoms with van der Waals surface area (Å²) >= 11 is 13.2. The van der Waals surface area contributed by atoms with Gasteiger partial charge < -0.3 is 0 Å². The minimum absolute atomic E-state index is 0.0812. The van der Waals surface area contributed by atoms with E-state index in [0.29, 0.717) is 17.4 Å².